The molecule has 0 spiro atoms. The van der Waals surface area contributed by atoms with Crippen molar-refractivity contribution in [2.45, 2.75) is 22.1 Å². The van der Waals surface area contributed by atoms with E-state index in [4.69, 9.17) is 16.3 Å². The van der Waals surface area contributed by atoms with E-state index < -0.39 is 35.9 Å². The van der Waals surface area contributed by atoms with Crippen LogP contribution in [0.4, 0.5) is 9.52 Å². The van der Waals surface area contributed by atoms with Crippen LogP contribution in [0, 0.1) is 0 Å². The molecular formula is C22H24FN7O5S4. The van der Waals surface area contributed by atoms with Gasteiger partial charge < -0.3 is 26.7 Å². The number of nitrogens with one attached hydrogen (secondary N) is 1. The van der Waals surface area contributed by atoms with Crippen molar-refractivity contribution in [1.29, 1.82) is 0 Å². The number of nitrogen functional groups attached to an aromatic ring is 1. The standard InChI is InChI=1S/C22H24FN7O5S4/c23-2-5-35-29-15(12-9-38-22(25)27-12)18(31)28-16-19(32)30-17(21(33)34)14(10-37-20(16)30)39-13-1-4-26-7-11(13)8-36-6-3-24/h1,4,7,9,16,20H,2-3,5-6,8,10,24H2,(H2,25,27)(H,28,31)(H,33,34)/b29-15-/t16-,20+/m1/s1. The minimum Gasteiger partial charge on any atom is -0.477 e. The Morgan fingerprint density at radius 1 is 1.41 bits per heavy atom. The Balaban J connectivity index is 1.52. The predicted octanol–water partition coefficient (Wildman–Crippen LogP) is 1.49. The first-order chi connectivity index (χ1) is 18.8. The molecule has 2 amide bonds. The molecule has 0 aromatic carbocycles. The first kappa shape index (κ1) is 29.1. The summed E-state index contributed by atoms with van der Waals surface area (Å²) in [6.45, 7) is -0.641. The van der Waals surface area contributed by atoms with Crippen molar-refractivity contribution >= 4 is 75.2 Å². The van der Waals surface area contributed by atoms with Crippen LogP contribution >= 0.6 is 46.6 Å². The normalized spacial score (nSPS) is 19.0. The van der Waals surface area contributed by atoms with E-state index in [1.165, 1.54) is 33.8 Å². The summed E-state index contributed by atoms with van der Waals surface area (Å²) in [6, 6.07) is 0.805. The number of aromatic nitrogens is 2. The van der Waals surface area contributed by atoms with Crippen LogP contribution in [0.1, 0.15) is 11.3 Å². The van der Waals surface area contributed by atoms with Gasteiger partial charge in [-0.15, -0.1) is 23.1 Å². The van der Waals surface area contributed by atoms with Gasteiger partial charge in [0.25, 0.3) is 11.8 Å². The zero-order valence-electron chi connectivity index (χ0n) is 20.2. The molecule has 2 aliphatic rings. The number of alkyl halides is 1. The second-order valence-corrected chi connectivity index (χ2v) is 12.1. The number of nitrogens with two attached hydrogens (primary N) is 2. The number of carboxylic acid groups (broad SMARTS) is 1. The van der Waals surface area contributed by atoms with Crippen molar-refractivity contribution in [3.63, 3.8) is 0 Å². The molecule has 2 aromatic rings. The number of halogens is 1. The van der Waals surface area contributed by atoms with Crippen LogP contribution in [0.25, 0.3) is 0 Å². The van der Waals surface area contributed by atoms with E-state index in [0.29, 0.717) is 23.0 Å². The second-order valence-electron chi connectivity index (χ2n) is 7.90. The number of amides is 2. The maximum atomic E-state index is 13.1. The fourth-order valence-corrected chi connectivity index (χ4v) is 7.61. The van der Waals surface area contributed by atoms with Crippen LogP contribution in [0.15, 0.2) is 44.5 Å². The number of β-lactam (4-membered cyclic amide) rings is 1. The lowest BCUT2D eigenvalue weighted by Gasteiger charge is -2.49. The van der Waals surface area contributed by atoms with Gasteiger partial charge in [-0.05, 0) is 11.6 Å². The summed E-state index contributed by atoms with van der Waals surface area (Å²) in [5.41, 5.74) is 11.9. The Bertz CT molecular complexity index is 1310. The van der Waals surface area contributed by atoms with Crippen LogP contribution in [0.2, 0.25) is 0 Å². The van der Waals surface area contributed by atoms with Gasteiger partial charge in [0.2, 0.25) is 0 Å². The van der Waals surface area contributed by atoms with Crippen LogP contribution in [-0.4, -0.2) is 86.2 Å². The third kappa shape index (κ3) is 6.66. The number of rotatable bonds is 13. The van der Waals surface area contributed by atoms with E-state index in [9.17, 15) is 23.9 Å². The van der Waals surface area contributed by atoms with Gasteiger partial charge in [0.1, 0.15) is 36.1 Å². The van der Waals surface area contributed by atoms with Gasteiger partial charge in [-0.1, -0.05) is 16.9 Å². The molecule has 0 unspecified atom stereocenters. The molecule has 0 radical (unpaired) electrons. The molecule has 208 valence electrons. The van der Waals surface area contributed by atoms with E-state index in [-0.39, 0.29) is 28.8 Å². The second kappa shape index (κ2) is 13.5. The number of anilines is 1. The summed E-state index contributed by atoms with van der Waals surface area (Å²) >= 11 is 5.33. The molecule has 2 aromatic heterocycles. The van der Waals surface area contributed by atoms with Crippen LogP contribution in [-0.2, 0) is 25.0 Å². The Labute approximate surface area is 239 Å². The highest BCUT2D eigenvalue weighted by molar-refractivity contribution is 8.06. The maximum Gasteiger partial charge on any atom is 0.353 e. The van der Waals surface area contributed by atoms with E-state index in [2.05, 4.69) is 20.4 Å². The number of carboxylic acids is 1. The fourth-order valence-electron chi connectivity index (χ4n) is 3.65. The van der Waals surface area contributed by atoms with Gasteiger partial charge in [-0.25, -0.2) is 14.2 Å². The molecule has 12 nitrogen and oxygen atoms in total. The number of nitrogens with zero attached hydrogens (tertiary/aromatic N) is 4. The van der Waals surface area contributed by atoms with Gasteiger partial charge in [-0.3, -0.25) is 19.5 Å². The van der Waals surface area contributed by atoms with Crippen molar-refractivity contribution < 1.29 is 28.7 Å². The zero-order valence-corrected chi connectivity index (χ0v) is 23.5. The predicted molar refractivity (Wildman–Crippen MR) is 150 cm³/mol. The number of fused-ring (bicyclic) bond motifs is 1. The van der Waals surface area contributed by atoms with Crippen molar-refractivity contribution in [1.82, 2.24) is 20.2 Å². The lowest BCUT2D eigenvalue weighted by molar-refractivity contribution is -0.150. The summed E-state index contributed by atoms with van der Waals surface area (Å²) < 4.78 is 12.5. The average molecular weight is 614 g/mol. The molecule has 4 rings (SSSR count). The summed E-state index contributed by atoms with van der Waals surface area (Å²) in [4.78, 5) is 54.0. The Morgan fingerprint density at radius 3 is 2.92 bits per heavy atom. The first-order valence-corrected chi connectivity index (χ1v) is 15.3. The number of oxime groups is 1. The number of hydrogen-bond donors (Lipinski definition) is 4. The van der Waals surface area contributed by atoms with Crippen LogP contribution in [0.3, 0.4) is 0 Å². The topological polar surface area (TPSA) is 186 Å². The number of thiazole rings is 1. The number of carbonyl (C=O) groups excluding carboxylic acids is 2. The molecule has 0 bridgehead atoms. The molecule has 1 saturated heterocycles. The summed E-state index contributed by atoms with van der Waals surface area (Å²) in [5.74, 6) is -0.845. The number of carbonyl (C=O) groups is 3. The van der Waals surface area contributed by atoms with Gasteiger partial charge in [0.05, 0.1) is 0 Å². The van der Waals surface area contributed by atoms with E-state index in [1.54, 1.807) is 24.2 Å². The molecule has 0 aliphatic carbocycles. The minimum absolute atomic E-state index is 0.108. The molecule has 2 atom stereocenters. The molecule has 1 fully saturated rings. The quantitative estimate of drug-likeness (QED) is 0.111. The van der Waals surface area contributed by atoms with E-state index >= 15 is 0 Å². The zero-order chi connectivity index (χ0) is 27.9. The maximum absolute atomic E-state index is 13.1. The lowest BCUT2D eigenvalue weighted by atomic mass is 10.0. The molecule has 39 heavy (non-hydrogen) atoms. The number of hydrogen-bond acceptors (Lipinski definition) is 13. The van der Waals surface area contributed by atoms with Gasteiger partial charge >= 0.3 is 5.97 Å². The molecule has 17 heteroatoms. The SMILES string of the molecule is NCCSCc1cnccc1SC1=C(C(=O)O)N2C(=O)[C@@H](NC(=O)/C(=N\OCCF)c3csc(N)n3)[C@@H]2SC1. The third-order valence-corrected chi connectivity index (χ3v) is 9.72. The van der Waals surface area contributed by atoms with Crippen LogP contribution in [0.5, 0.6) is 0 Å². The van der Waals surface area contributed by atoms with Crippen molar-refractivity contribution in [2.24, 2.45) is 10.9 Å². The highest BCUT2D eigenvalue weighted by Gasteiger charge is 2.54. The molecule has 4 heterocycles. The number of thioether (sulfide) groups is 3. The molecular weight excluding hydrogens is 590 g/mol. The van der Waals surface area contributed by atoms with E-state index in [1.807, 2.05) is 6.07 Å². The van der Waals surface area contributed by atoms with Gasteiger partial charge in [-0.2, -0.15) is 11.8 Å². The fraction of sp³-hybridized carbons (Fsp3) is 0.364. The van der Waals surface area contributed by atoms with Gasteiger partial charge in [0.15, 0.2) is 10.8 Å². The van der Waals surface area contributed by atoms with Gasteiger partial charge in [0, 0.05) is 51.4 Å². The Kier molecular flexibility index (Phi) is 10.1. The molecule has 0 saturated carbocycles. The average Bonchev–Trinajstić information content (AvgIpc) is 3.35. The van der Waals surface area contributed by atoms with Crippen molar-refractivity contribution in [3.05, 3.63) is 45.7 Å². The lowest BCUT2D eigenvalue weighted by Crippen LogP contribution is -2.71. The monoisotopic (exact) mass is 613 g/mol. The van der Waals surface area contributed by atoms with E-state index in [0.717, 1.165) is 27.5 Å². The summed E-state index contributed by atoms with van der Waals surface area (Å²) in [5, 5.41) is 17.3. The van der Waals surface area contributed by atoms with Crippen molar-refractivity contribution in [2.75, 3.05) is 37.1 Å². The van der Waals surface area contributed by atoms with Crippen LogP contribution < -0.4 is 16.8 Å². The largest absolute Gasteiger partial charge is 0.477 e. The molecule has 6 N–H and O–H groups in total. The molecule has 2 aliphatic heterocycles. The number of pyridine rings is 1. The highest BCUT2D eigenvalue weighted by Crippen LogP contribution is 2.45. The Morgan fingerprint density at radius 2 is 2.23 bits per heavy atom. The third-order valence-electron chi connectivity index (χ3n) is 5.34. The summed E-state index contributed by atoms with van der Waals surface area (Å²) in [7, 11) is 0. The Hall–Kier alpha value is -2.86. The van der Waals surface area contributed by atoms with Crippen molar-refractivity contribution in [3.8, 4) is 0 Å². The summed E-state index contributed by atoms with van der Waals surface area (Å²) in [6.07, 6.45) is 3.37. The number of aliphatic carboxylic acids is 1. The minimum atomic E-state index is -1.24. The first-order valence-electron chi connectivity index (χ1n) is 11.4. The highest BCUT2D eigenvalue weighted by atomic mass is 32.2. The smallest absolute Gasteiger partial charge is 0.353 e.